The summed E-state index contributed by atoms with van der Waals surface area (Å²) >= 11 is 0. The van der Waals surface area contributed by atoms with Crippen molar-refractivity contribution in [3.63, 3.8) is 0 Å². The number of nitrogens with two attached hydrogens (primary N) is 1. The number of nitrogens with one attached hydrogen (secondary N) is 1. The summed E-state index contributed by atoms with van der Waals surface area (Å²) in [5.74, 6) is -0.633. The van der Waals surface area contributed by atoms with Crippen LogP contribution in [0.25, 0.3) is 0 Å². The number of benzene rings is 1. The predicted molar refractivity (Wildman–Crippen MR) is 83.1 cm³/mol. The van der Waals surface area contributed by atoms with E-state index in [1.165, 1.54) is 0 Å². The van der Waals surface area contributed by atoms with Gasteiger partial charge in [0.15, 0.2) is 0 Å². The number of ether oxygens (including phenoxy) is 1. The first-order valence-corrected chi connectivity index (χ1v) is 7.29. The fourth-order valence-electron chi connectivity index (χ4n) is 1.92. The van der Waals surface area contributed by atoms with Crippen molar-refractivity contribution < 1.29 is 14.3 Å². The van der Waals surface area contributed by atoms with Crippen LogP contribution in [0.2, 0.25) is 0 Å². The first-order valence-electron chi connectivity index (χ1n) is 7.29. The quantitative estimate of drug-likeness (QED) is 0.757. The third-order valence-corrected chi connectivity index (χ3v) is 3.02. The van der Waals surface area contributed by atoms with Gasteiger partial charge in [0.2, 0.25) is 5.91 Å². The molecule has 1 unspecified atom stereocenters. The van der Waals surface area contributed by atoms with E-state index >= 15 is 0 Å². The van der Waals surface area contributed by atoms with Gasteiger partial charge in [0.1, 0.15) is 0 Å². The van der Waals surface area contributed by atoms with Gasteiger partial charge >= 0.3 is 5.97 Å². The second kappa shape index (κ2) is 8.42. The molecule has 1 atom stereocenters. The van der Waals surface area contributed by atoms with Crippen molar-refractivity contribution in [1.82, 2.24) is 0 Å². The van der Waals surface area contributed by atoms with E-state index in [9.17, 15) is 9.59 Å². The Kier molecular flexibility index (Phi) is 6.88. The summed E-state index contributed by atoms with van der Waals surface area (Å²) in [5.41, 5.74) is 6.71. The summed E-state index contributed by atoms with van der Waals surface area (Å²) in [4.78, 5) is 23.7. The zero-order chi connectivity index (χ0) is 15.8. The molecule has 1 aromatic carbocycles. The number of carbonyl (C=O) groups is 2. The summed E-state index contributed by atoms with van der Waals surface area (Å²) in [6.45, 7) is 5.95. The zero-order valence-corrected chi connectivity index (χ0v) is 12.9. The van der Waals surface area contributed by atoms with E-state index in [1.807, 2.05) is 6.92 Å². The molecule has 5 nitrogen and oxygen atoms in total. The normalized spacial score (nSPS) is 12.0. The van der Waals surface area contributed by atoms with E-state index in [2.05, 4.69) is 5.32 Å². The van der Waals surface area contributed by atoms with Gasteiger partial charge in [-0.05, 0) is 44.5 Å². The van der Waals surface area contributed by atoms with Crippen LogP contribution in [0.3, 0.4) is 0 Å². The van der Waals surface area contributed by atoms with Crippen LogP contribution in [0.5, 0.6) is 0 Å². The molecule has 1 rings (SSSR count). The molecule has 0 aliphatic heterocycles. The Bertz CT molecular complexity index is 469. The van der Waals surface area contributed by atoms with Crippen LogP contribution in [-0.2, 0) is 9.53 Å². The Labute approximate surface area is 125 Å². The number of esters is 1. The molecule has 5 heteroatoms. The minimum absolute atomic E-state index is 0.0862. The maximum absolute atomic E-state index is 12.0. The highest BCUT2D eigenvalue weighted by Gasteiger charge is 2.16. The van der Waals surface area contributed by atoms with E-state index in [4.69, 9.17) is 10.5 Å². The molecule has 0 fully saturated rings. The van der Waals surface area contributed by atoms with Crippen LogP contribution in [0.15, 0.2) is 24.3 Å². The van der Waals surface area contributed by atoms with Crippen LogP contribution in [-0.4, -0.2) is 24.5 Å². The minimum Gasteiger partial charge on any atom is -0.459 e. The summed E-state index contributed by atoms with van der Waals surface area (Å²) < 4.78 is 5.10. The van der Waals surface area contributed by atoms with E-state index in [1.54, 1.807) is 38.1 Å². The molecule has 0 radical (unpaired) electrons. The van der Waals surface area contributed by atoms with E-state index in [-0.39, 0.29) is 23.9 Å². The largest absolute Gasteiger partial charge is 0.459 e. The topological polar surface area (TPSA) is 81.4 Å². The molecular weight excluding hydrogens is 268 g/mol. The van der Waals surface area contributed by atoms with Crippen molar-refractivity contribution >= 4 is 17.6 Å². The van der Waals surface area contributed by atoms with Crippen LogP contribution < -0.4 is 11.1 Å². The number of hydrogen-bond acceptors (Lipinski definition) is 4. The zero-order valence-electron chi connectivity index (χ0n) is 12.9. The number of anilines is 1. The molecule has 0 saturated carbocycles. The van der Waals surface area contributed by atoms with Crippen molar-refractivity contribution in [1.29, 1.82) is 0 Å². The summed E-state index contributed by atoms with van der Waals surface area (Å²) in [6.07, 6.45) is 1.52. The van der Waals surface area contributed by atoms with Crippen LogP contribution >= 0.6 is 0 Å². The highest BCUT2D eigenvalue weighted by Crippen LogP contribution is 2.14. The van der Waals surface area contributed by atoms with Crippen LogP contribution in [0.4, 0.5) is 5.69 Å². The van der Waals surface area contributed by atoms with Gasteiger partial charge in [-0.15, -0.1) is 0 Å². The predicted octanol–water partition coefficient (Wildman–Crippen LogP) is 2.57. The molecule has 0 aliphatic rings. The van der Waals surface area contributed by atoms with Gasteiger partial charge in [-0.2, -0.15) is 0 Å². The Morgan fingerprint density at radius 2 is 1.86 bits per heavy atom. The van der Waals surface area contributed by atoms with E-state index in [0.29, 0.717) is 17.8 Å². The fraction of sp³-hybridized carbons (Fsp3) is 0.500. The van der Waals surface area contributed by atoms with Crippen molar-refractivity contribution in [3.05, 3.63) is 29.8 Å². The lowest BCUT2D eigenvalue weighted by atomic mass is 10.0. The molecule has 1 amide bonds. The SMILES string of the molecule is CCCC(CN)C(=O)Nc1ccc(C(=O)OC(C)C)cc1. The maximum Gasteiger partial charge on any atom is 0.338 e. The average molecular weight is 292 g/mol. The molecule has 116 valence electrons. The number of hydrogen-bond donors (Lipinski definition) is 2. The molecule has 0 spiro atoms. The Morgan fingerprint density at radius 1 is 1.24 bits per heavy atom. The number of rotatable bonds is 7. The Hall–Kier alpha value is -1.88. The van der Waals surface area contributed by atoms with Gasteiger partial charge < -0.3 is 15.8 Å². The lowest BCUT2D eigenvalue weighted by Crippen LogP contribution is -2.29. The van der Waals surface area contributed by atoms with Crippen molar-refractivity contribution in [2.24, 2.45) is 11.7 Å². The van der Waals surface area contributed by atoms with Gasteiger partial charge in [0.25, 0.3) is 0 Å². The third kappa shape index (κ3) is 5.55. The standard InChI is InChI=1S/C16H24N2O3/c1-4-5-13(10-17)15(19)18-14-8-6-12(7-9-14)16(20)21-11(2)3/h6-9,11,13H,4-5,10,17H2,1-3H3,(H,18,19). The Morgan fingerprint density at radius 3 is 2.33 bits per heavy atom. The lowest BCUT2D eigenvalue weighted by molar-refractivity contribution is -0.119. The van der Waals surface area contributed by atoms with Gasteiger partial charge in [0.05, 0.1) is 17.6 Å². The van der Waals surface area contributed by atoms with Crippen molar-refractivity contribution in [2.45, 2.75) is 39.7 Å². The molecule has 1 aromatic rings. The molecule has 0 saturated heterocycles. The summed E-state index contributed by atoms with van der Waals surface area (Å²) in [6, 6.07) is 6.65. The van der Waals surface area contributed by atoms with Crippen LogP contribution in [0, 0.1) is 5.92 Å². The average Bonchev–Trinajstić information content (AvgIpc) is 2.44. The molecular formula is C16H24N2O3. The first-order chi connectivity index (χ1) is 9.97. The van der Waals surface area contributed by atoms with Gasteiger partial charge in [-0.25, -0.2) is 4.79 Å². The molecule has 21 heavy (non-hydrogen) atoms. The van der Waals surface area contributed by atoms with Gasteiger partial charge in [-0.3, -0.25) is 4.79 Å². The molecule has 0 aromatic heterocycles. The monoisotopic (exact) mass is 292 g/mol. The second-order valence-electron chi connectivity index (χ2n) is 5.24. The second-order valence-corrected chi connectivity index (χ2v) is 5.24. The maximum atomic E-state index is 12.0. The Balaban J connectivity index is 2.66. The molecule has 0 heterocycles. The third-order valence-electron chi connectivity index (χ3n) is 3.02. The smallest absolute Gasteiger partial charge is 0.338 e. The number of carbonyl (C=O) groups excluding carboxylic acids is 2. The van der Waals surface area contributed by atoms with Crippen molar-refractivity contribution in [2.75, 3.05) is 11.9 Å². The molecule has 0 bridgehead atoms. The number of amides is 1. The van der Waals surface area contributed by atoms with E-state index < -0.39 is 0 Å². The van der Waals surface area contributed by atoms with Crippen molar-refractivity contribution in [3.8, 4) is 0 Å². The van der Waals surface area contributed by atoms with Gasteiger partial charge in [0, 0.05) is 12.2 Å². The molecule has 0 aliphatic carbocycles. The highest BCUT2D eigenvalue weighted by molar-refractivity contribution is 5.94. The van der Waals surface area contributed by atoms with Crippen LogP contribution in [0.1, 0.15) is 44.0 Å². The minimum atomic E-state index is -0.367. The molecule has 3 N–H and O–H groups in total. The highest BCUT2D eigenvalue weighted by atomic mass is 16.5. The summed E-state index contributed by atoms with van der Waals surface area (Å²) in [5, 5.41) is 2.81. The first kappa shape index (κ1) is 17.2. The van der Waals surface area contributed by atoms with Gasteiger partial charge in [-0.1, -0.05) is 13.3 Å². The fourth-order valence-corrected chi connectivity index (χ4v) is 1.92. The summed E-state index contributed by atoms with van der Waals surface area (Å²) in [7, 11) is 0. The van der Waals surface area contributed by atoms with E-state index in [0.717, 1.165) is 12.8 Å². The lowest BCUT2D eigenvalue weighted by Gasteiger charge is -2.14.